The van der Waals surface area contributed by atoms with Crippen molar-refractivity contribution in [2.45, 2.75) is 57.4 Å². The van der Waals surface area contributed by atoms with Crippen LogP contribution in [0.15, 0.2) is 24.3 Å². The van der Waals surface area contributed by atoms with Gasteiger partial charge in [-0.15, -0.1) is 0 Å². The van der Waals surface area contributed by atoms with Gasteiger partial charge < -0.3 is 10.5 Å². The maximum absolute atomic E-state index is 6.74. The molecule has 1 aromatic rings. The highest BCUT2D eigenvalue weighted by atomic mass is 16.5. The first-order chi connectivity index (χ1) is 9.19. The van der Waals surface area contributed by atoms with Crippen molar-refractivity contribution in [1.29, 1.82) is 0 Å². The summed E-state index contributed by atoms with van der Waals surface area (Å²) < 4.78 is 5.50. The molecule has 0 aliphatic heterocycles. The first kappa shape index (κ1) is 14.4. The van der Waals surface area contributed by atoms with Crippen LogP contribution >= 0.6 is 0 Å². The number of para-hydroxylation sites is 1. The SMILES string of the molecule is CCCC1CCCC(N)(c2ccccc2OC)CC1. The Bertz CT molecular complexity index is 404. The van der Waals surface area contributed by atoms with Crippen molar-refractivity contribution in [2.24, 2.45) is 11.7 Å². The lowest BCUT2D eigenvalue weighted by Gasteiger charge is -2.30. The van der Waals surface area contributed by atoms with Crippen LogP contribution in [-0.4, -0.2) is 7.11 Å². The van der Waals surface area contributed by atoms with E-state index in [9.17, 15) is 0 Å². The highest BCUT2D eigenvalue weighted by molar-refractivity contribution is 5.39. The molecule has 2 N–H and O–H groups in total. The summed E-state index contributed by atoms with van der Waals surface area (Å²) >= 11 is 0. The molecule has 1 aliphatic rings. The van der Waals surface area contributed by atoms with Gasteiger partial charge in [-0.05, 0) is 31.2 Å². The molecule has 0 saturated heterocycles. The van der Waals surface area contributed by atoms with Gasteiger partial charge >= 0.3 is 0 Å². The fraction of sp³-hybridized carbons (Fsp3) is 0.647. The second-order valence-corrected chi connectivity index (χ2v) is 5.94. The molecule has 0 bridgehead atoms. The summed E-state index contributed by atoms with van der Waals surface area (Å²) in [7, 11) is 1.73. The highest BCUT2D eigenvalue weighted by Crippen LogP contribution is 2.40. The maximum atomic E-state index is 6.74. The Morgan fingerprint density at radius 3 is 2.79 bits per heavy atom. The summed E-state index contributed by atoms with van der Waals surface area (Å²) in [4.78, 5) is 0. The summed E-state index contributed by atoms with van der Waals surface area (Å²) in [5, 5.41) is 0. The van der Waals surface area contributed by atoms with Crippen molar-refractivity contribution in [2.75, 3.05) is 7.11 Å². The smallest absolute Gasteiger partial charge is 0.123 e. The van der Waals surface area contributed by atoms with Crippen LogP contribution in [0, 0.1) is 5.92 Å². The minimum atomic E-state index is -0.199. The van der Waals surface area contributed by atoms with Crippen molar-refractivity contribution in [1.82, 2.24) is 0 Å². The zero-order valence-electron chi connectivity index (χ0n) is 12.3. The Morgan fingerprint density at radius 2 is 2.05 bits per heavy atom. The predicted octanol–water partition coefficient (Wildman–Crippen LogP) is 4.23. The van der Waals surface area contributed by atoms with E-state index < -0.39 is 0 Å². The molecule has 2 rings (SSSR count). The average molecular weight is 261 g/mol. The minimum Gasteiger partial charge on any atom is -0.496 e. The van der Waals surface area contributed by atoms with Crippen LogP contribution in [0.1, 0.15) is 57.4 Å². The molecule has 1 fully saturated rings. The lowest BCUT2D eigenvalue weighted by molar-refractivity contribution is 0.341. The van der Waals surface area contributed by atoms with Crippen molar-refractivity contribution in [3.05, 3.63) is 29.8 Å². The van der Waals surface area contributed by atoms with Crippen molar-refractivity contribution >= 4 is 0 Å². The third-order valence-electron chi connectivity index (χ3n) is 4.57. The van der Waals surface area contributed by atoms with E-state index in [0.29, 0.717) is 0 Å². The highest BCUT2D eigenvalue weighted by Gasteiger charge is 2.32. The van der Waals surface area contributed by atoms with Gasteiger partial charge in [0.2, 0.25) is 0 Å². The van der Waals surface area contributed by atoms with Crippen molar-refractivity contribution in [3.8, 4) is 5.75 Å². The van der Waals surface area contributed by atoms with E-state index in [1.54, 1.807) is 7.11 Å². The number of ether oxygens (including phenoxy) is 1. The van der Waals surface area contributed by atoms with Crippen molar-refractivity contribution in [3.63, 3.8) is 0 Å². The largest absolute Gasteiger partial charge is 0.496 e. The average Bonchev–Trinajstić information content (AvgIpc) is 2.63. The normalized spacial score (nSPS) is 27.8. The standard InChI is InChI=1S/C17H27NO/c1-3-7-14-8-6-12-17(18,13-11-14)15-9-4-5-10-16(15)19-2/h4-5,9-10,14H,3,6-8,11-13,18H2,1-2H3. The third kappa shape index (κ3) is 3.30. The van der Waals surface area contributed by atoms with Gasteiger partial charge in [-0.1, -0.05) is 50.8 Å². The molecule has 106 valence electrons. The predicted molar refractivity (Wildman–Crippen MR) is 80.3 cm³/mol. The van der Waals surface area contributed by atoms with E-state index in [1.807, 2.05) is 12.1 Å². The molecule has 1 aromatic carbocycles. The molecule has 2 unspecified atom stereocenters. The molecule has 1 saturated carbocycles. The lowest BCUT2D eigenvalue weighted by Crippen LogP contribution is -2.36. The molecule has 0 heterocycles. The number of hydrogen-bond acceptors (Lipinski definition) is 2. The molecule has 0 aromatic heterocycles. The molecule has 0 radical (unpaired) electrons. The summed E-state index contributed by atoms with van der Waals surface area (Å²) in [6.45, 7) is 2.28. The van der Waals surface area contributed by atoms with Crippen LogP contribution in [0.2, 0.25) is 0 Å². The van der Waals surface area contributed by atoms with Crippen LogP contribution < -0.4 is 10.5 Å². The Hall–Kier alpha value is -1.02. The zero-order chi connectivity index (χ0) is 13.7. The van der Waals surface area contributed by atoms with Gasteiger partial charge in [0.05, 0.1) is 7.11 Å². The Morgan fingerprint density at radius 1 is 1.26 bits per heavy atom. The van der Waals surface area contributed by atoms with E-state index in [1.165, 1.54) is 37.7 Å². The molecule has 0 amide bonds. The Labute approximate surface area is 117 Å². The van der Waals surface area contributed by atoms with Gasteiger partial charge in [-0.25, -0.2) is 0 Å². The van der Waals surface area contributed by atoms with E-state index in [2.05, 4.69) is 19.1 Å². The van der Waals surface area contributed by atoms with Gasteiger partial charge in [0.1, 0.15) is 5.75 Å². The summed E-state index contributed by atoms with van der Waals surface area (Å²) in [6.07, 6.45) is 8.62. The Kier molecular flexibility index (Phi) is 4.87. The fourth-order valence-electron chi connectivity index (χ4n) is 3.46. The Balaban J connectivity index is 2.18. The second-order valence-electron chi connectivity index (χ2n) is 5.94. The molecule has 19 heavy (non-hydrogen) atoms. The molecule has 1 aliphatic carbocycles. The number of methoxy groups -OCH3 is 1. The summed E-state index contributed by atoms with van der Waals surface area (Å²) in [6, 6.07) is 8.25. The van der Waals surface area contributed by atoms with E-state index in [4.69, 9.17) is 10.5 Å². The van der Waals surface area contributed by atoms with Crippen LogP contribution in [-0.2, 0) is 5.54 Å². The van der Waals surface area contributed by atoms with Gasteiger partial charge in [-0.3, -0.25) is 0 Å². The molecular weight excluding hydrogens is 234 g/mol. The quantitative estimate of drug-likeness (QED) is 0.823. The summed E-state index contributed by atoms with van der Waals surface area (Å²) in [5.41, 5.74) is 7.73. The summed E-state index contributed by atoms with van der Waals surface area (Å²) in [5.74, 6) is 1.81. The molecule has 2 heteroatoms. The van der Waals surface area contributed by atoms with Gasteiger partial charge in [0.25, 0.3) is 0 Å². The van der Waals surface area contributed by atoms with Gasteiger partial charge in [0, 0.05) is 11.1 Å². The lowest BCUT2D eigenvalue weighted by atomic mass is 9.83. The van der Waals surface area contributed by atoms with E-state index in [0.717, 1.165) is 24.5 Å². The zero-order valence-corrected chi connectivity index (χ0v) is 12.3. The monoisotopic (exact) mass is 261 g/mol. The third-order valence-corrected chi connectivity index (χ3v) is 4.57. The molecule has 2 atom stereocenters. The maximum Gasteiger partial charge on any atom is 0.123 e. The first-order valence-electron chi connectivity index (χ1n) is 7.62. The molecule has 2 nitrogen and oxygen atoms in total. The van der Waals surface area contributed by atoms with Gasteiger partial charge in [-0.2, -0.15) is 0 Å². The van der Waals surface area contributed by atoms with E-state index >= 15 is 0 Å². The van der Waals surface area contributed by atoms with Crippen LogP contribution in [0.4, 0.5) is 0 Å². The number of nitrogens with two attached hydrogens (primary N) is 1. The number of rotatable bonds is 4. The minimum absolute atomic E-state index is 0.199. The molecular formula is C17H27NO. The second kappa shape index (κ2) is 6.42. The fourth-order valence-corrected chi connectivity index (χ4v) is 3.46. The number of benzene rings is 1. The van der Waals surface area contributed by atoms with E-state index in [-0.39, 0.29) is 5.54 Å². The molecule has 0 spiro atoms. The van der Waals surface area contributed by atoms with Gasteiger partial charge in [0.15, 0.2) is 0 Å². The number of hydrogen-bond donors (Lipinski definition) is 1. The topological polar surface area (TPSA) is 35.2 Å². The first-order valence-corrected chi connectivity index (χ1v) is 7.62. The van der Waals surface area contributed by atoms with Crippen LogP contribution in [0.25, 0.3) is 0 Å². The van der Waals surface area contributed by atoms with Crippen molar-refractivity contribution < 1.29 is 4.74 Å². The van der Waals surface area contributed by atoms with Crippen LogP contribution in [0.5, 0.6) is 5.75 Å². The van der Waals surface area contributed by atoms with Crippen LogP contribution in [0.3, 0.4) is 0 Å².